The van der Waals surface area contributed by atoms with Gasteiger partial charge in [0.2, 0.25) is 0 Å². The second-order valence-electron chi connectivity index (χ2n) is 3.82. The van der Waals surface area contributed by atoms with E-state index in [0.717, 1.165) is 22.5 Å². The monoisotopic (exact) mass is 319 g/mol. The Labute approximate surface area is 117 Å². The minimum absolute atomic E-state index is 0.737. The van der Waals surface area contributed by atoms with E-state index in [2.05, 4.69) is 41.9 Å². The number of rotatable bonds is 3. The largest absolute Gasteiger partial charge is 0.324 e. The van der Waals surface area contributed by atoms with Crippen LogP contribution in [-0.4, -0.2) is 14.5 Å². The number of hydrogen-bond donors (Lipinski definition) is 0. The van der Waals surface area contributed by atoms with E-state index in [1.807, 2.05) is 36.8 Å². The summed E-state index contributed by atoms with van der Waals surface area (Å²) in [7, 11) is 0. The fraction of sp³-hybridized carbons (Fsp3) is 0.0769. The molecule has 0 aliphatic carbocycles. The fourth-order valence-electron chi connectivity index (χ4n) is 1.74. The number of halogens is 1. The van der Waals surface area contributed by atoms with Crippen LogP contribution >= 0.6 is 27.3 Å². The Balaban J connectivity index is 1.90. The average Bonchev–Trinajstić information content (AvgIpc) is 3.02. The fourth-order valence-corrected chi connectivity index (χ4v) is 2.71. The molecule has 0 radical (unpaired) electrons. The summed E-state index contributed by atoms with van der Waals surface area (Å²) in [6, 6.07) is 8.14. The lowest BCUT2D eigenvalue weighted by Gasteiger charge is -2.06. The molecule has 0 aliphatic heterocycles. The maximum absolute atomic E-state index is 4.41. The molecule has 0 unspecified atom stereocenters. The third kappa shape index (κ3) is 2.37. The normalized spacial score (nSPS) is 10.7. The Bertz CT molecular complexity index is 629. The highest BCUT2D eigenvalue weighted by Crippen LogP contribution is 2.23. The van der Waals surface area contributed by atoms with Crippen molar-refractivity contribution >= 4 is 27.3 Å². The Hall–Kier alpha value is -1.46. The molecule has 3 aromatic heterocycles. The van der Waals surface area contributed by atoms with E-state index in [1.54, 1.807) is 11.3 Å². The van der Waals surface area contributed by atoms with Crippen molar-refractivity contribution in [3.8, 4) is 10.7 Å². The Morgan fingerprint density at radius 3 is 2.89 bits per heavy atom. The maximum Gasteiger partial charge on any atom is 0.150 e. The van der Waals surface area contributed by atoms with Gasteiger partial charge in [-0.15, -0.1) is 11.3 Å². The zero-order valence-electron chi connectivity index (χ0n) is 9.45. The van der Waals surface area contributed by atoms with Gasteiger partial charge in [0.25, 0.3) is 0 Å². The molecule has 0 N–H and O–H groups in total. The highest BCUT2D eigenvalue weighted by molar-refractivity contribution is 9.10. The molecule has 3 aromatic rings. The molecule has 3 nitrogen and oxygen atoms in total. The molecule has 0 saturated carbocycles. The molecular formula is C13H10BrN3S. The summed E-state index contributed by atoms with van der Waals surface area (Å²) in [5, 5.41) is 2.06. The maximum atomic E-state index is 4.41. The minimum atomic E-state index is 0.737. The second-order valence-corrected chi connectivity index (χ2v) is 5.69. The number of nitrogens with zero attached hydrogens (tertiary/aromatic N) is 3. The lowest BCUT2D eigenvalue weighted by molar-refractivity contribution is 0.782. The van der Waals surface area contributed by atoms with E-state index in [-0.39, 0.29) is 0 Å². The van der Waals surface area contributed by atoms with Gasteiger partial charge in [-0.05, 0) is 39.5 Å². The van der Waals surface area contributed by atoms with Gasteiger partial charge < -0.3 is 4.57 Å². The van der Waals surface area contributed by atoms with Crippen molar-refractivity contribution in [2.24, 2.45) is 0 Å². The van der Waals surface area contributed by atoms with Gasteiger partial charge in [0.15, 0.2) is 0 Å². The van der Waals surface area contributed by atoms with Crippen molar-refractivity contribution in [2.45, 2.75) is 6.54 Å². The molecule has 0 aliphatic rings. The molecule has 5 heteroatoms. The van der Waals surface area contributed by atoms with Crippen molar-refractivity contribution in [1.29, 1.82) is 0 Å². The van der Waals surface area contributed by atoms with Crippen LogP contribution in [-0.2, 0) is 6.54 Å². The first-order valence-corrected chi connectivity index (χ1v) is 7.15. The Morgan fingerprint density at radius 1 is 1.22 bits per heavy atom. The van der Waals surface area contributed by atoms with Crippen molar-refractivity contribution in [3.63, 3.8) is 0 Å². The van der Waals surface area contributed by atoms with E-state index in [4.69, 9.17) is 0 Å². The predicted molar refractivity (Wildman–Crippen MR) is 76.6 cm³/mol. The van der Waals surface area contributed by atoms with Crippen molar-refractivity contribution in [1.82, 2.24) is 14.5 Å². The number of thiophene rings is 1. The number of aromatic nitrogens is 3. The van der Waals surface area contributed by atoms with Crippen LogP contribution in [0.2, 0.25) is 0 Å². The van der Waals surface area contributed by atoms with Crippen LogP contribution in [0, 0.1) is 0 Å². The predicted octanol–water partition coefficient (Wildman–Crippen LogP) is 3.82. The van der Waals surface area contributed by atoms with E-state index >= 15 is 0 Å². The van der Waals surface area contributed by atoms with Crippen molar-refractivity contribution < 1.29 is 0 Å². The zero-order chi connectivity index (χ0) is 12.4. The molecule has 0 atom stereocenters. The molecule has 18 heavy (non-hydrogen) atoms. The molecule has 0 aromatic carbocycles. The van der Waals surface area contributed by atoms with E-state index in [9.17, 15) is 0 Å². The summed E-state index contributed by atoms with van der Waals surface area (Å²) in [5.74, 6) is 0.995. The van der Waals surface area contributed by atoms with Crippen LogP contribution in [0.5, 0.6) is 0 Å². The molecule has 0 saturated heterocycles. The van der Waals surface area contributed by atoms with E-state index in [1.165, 1.54) is 4.88 Å². The summed E-state index contributed by atoms with van der Waals surface area (Å²) in [4.78, 5) is 9.97. The second kappa shape index (κ2) is 5.04. The molecule has 3 heterocycles. The van der Waals surface area contributed by atoms with Crippen LogP contribution in [0.3, 0.4) is 0 Å². The highest BCUT2D eigenvalue weighted by atomic mass is 79.9. The Morgan fingerprint density at radius 2 is 2.17 bits per heavy atom. The van der Waals surface area contributed by atoms with Crippen LogP contribution in [0.25, 0.3) is 10.7 Å². The standard InChI is InChI=1S/C13H10BrN3S/c14-10-3-4-11(16-8-10)9-17-6-5-15-13(17)12-2-1-7-18-12/h1-8H,9H2. The first-order valence-electron chi connectivity index (χ1n) is 5.48. The van der Waals surface area contributed by atoms with E-state index in [0.29, 0.717) is 0 Å². The molecule has 90 valence electrons. The van der Waals surface area contributed by atoms with Crippen molar-refractivity contribution in [2.75, 3.05) is 0 Å². The van der Waals surface area contributed by atoms with Crippen LogP contribution < -0.4 is 0 Å². The lowest BCUT2D eigenvalue weighted by atomic mass is 10.3. The summed E-state index contributed by atoms with van der Waals surface area (Å²) >= 11 is 5.09. The third-order valence-electron chi connectivity index (χ3n) is 2.58. The smallest absolute Gasteiger partial charge is 0.150 e. The van der Waals surface area contributed by atoms with Gasteiger partial charge in [0, 0.05) is 23.1 Å². The number of hydrogen-bond acceptors (Lipinski definition) is 3. The first-order chi connectivity index (χ1) is 8.83. The van der Waals surface area contributed by atoms with Gasteiger partial charge in [-0.1, -0.05) is 6.07 Å². The van der Waals surface area contributed by atoms with Gasteiger partial charge in [-0.25, -0.2) is 4.98 Å². The van der Waals surface area contributed by atoms with Gasteiger partial charge >= 0.3 is 0 Å². The van der Waals surface area contributed by atoms with Gasteiger partial charge in [-0.2, -0.15) is 0 Å². The third-order valence-corrected chi connectivity index (χ3v) is 3.91. The topological polar surface area (TPSA) is 30.7 Å². The summed E-state index contributed by atoms with van der Waals surface area (Å²) in [5.41, 5.74) is 1.02. The van der Waals surface area contributed by atoms with E-state index < -0.39 is 0 Å². The minimum Gasteiger partial charge on any atom is -0.324 e. The summed E-state index contributed by atoms with van der Waals surface area (Å²) in [6.45, 7) is 0.737. The molecular weight excluding hydrogens is 310 g/mol. The molecule has 0 amide bonds. The van der Waals surface area contributed by atoms with Crippen LogP contribution in [0.1, 0.15) is 5.69 Å². The first kappa shape index (κ1) is 11.6. The zero-order valence-corrected chi connectivity index (χ0v) is 11.9. The lowest BCUT2D eigenvalue weighted by Crippen LogP contribution is -2.02. The molecule has 0 bridgehead atoms. The molecule has 3 rings (SSSR count). The number of imidazole rings is 1. The quantitative estimate of drug-likeness (QED) is 0.734. The Kier molecular flexibility index (Phi) is 3.25. The number of pyridine rings is 1. The van der Waals surface area contributed by atoms with Crippen LogP contribution in [0.15, 0.2) is 52.7 Å². The molecule has 0 spiro atoms. The van der Waals surface area contributed by atoms with Crippen LogP contribution in [0.4, 0.5) is 0 Å². The average molecular weight is 320 g/mol. The molecule has 0 fully saturated rings. The summed E-state index contributed by atoms with van der Waals surface area (Å²) in [6.07, 6.45) is 5.63. The highest BCUT2D eigenvalue weighted by Gasteiger charge is 2.07. The van der Waals surface area contributed by atoms with Gasteiger partial charge in [0.1, 0.15) is 5.82 Å². The summed E-state index contributed by atoms with van der Waals surface area (Å²) < 4.78 is 3.11. The SMILES string of the molecule is Brc1ccc(Cn2ccnc2-c2cccs2)nc1. The van der Waals surface area contributed by atoms with Crippen molar-refractivity contribution in [3.05, 3.63) is 58.4 Å². The van der Waals surface area contributed by atoms with Gasteiger partial charge in [0.05, 0.1) is 17.1 Å². The van der Waals surface area contributed by atoms with Gasteiger partial charge in [-0.3, -0.25) is 4.98 Å².